The van der Waals surface area contributed by atoms with Crippen LogP contribution in [0.4, 0.5) is 0 Å². The molecule has 0 saturated carbocycles. The normalized spacial score (nSPS) is 16.8. The Morgan fingerprint density at radius 1 is 1.15 bits per heavy atom. The molecular formula is C29H36N2O2. The lowest BCUT2D eigenvalue weighted by molar-refractivity contribution is 0.00704. The number of rotatable bonds is 6. The predicted molar refractivity (Wildman–Crippen MR) is 134 cm³/mol. The number of aromatic nitrogens is 2. The number of carbonyl (C=O) groups is 1. The second-order valence-corrected chi connectivity index (χ2v) is 10.3. The van der Waals surface area contributed by atoms with Gasteiger partial charge in [0.1, 0.15) is 5.60 Å². The van der Waals surface area contributed by atoms with Crippen LogP contribution >= 0.6 is 0 Å². The summed E-state index contributed by atoms with van der Waals surface area (Å²) in [5, 5.41) is 4.71. The van der Waals surface area contributed by atoms with E-state index in [2.05, 4.69) is 49.0 Å². The van der Waals surface area contributed by atoms with Crippen molar-refractivity contribution in [1.29, 1.82) is 0 Å². The molecule has 0 amide bonds. The van der Waals surface area contributed by atoms with Gasteiger partial charge in [0.2, 0.25) is 0 Å². The maximum absolute atomic E-state index is 12.7. The lowest BCUT2D eigenvalue weighted by Gasteiger charge is -2.29. The van der Waals surface area contributed by atoms with Crippen LogP contribution < -0.4 is 0 Å². The summed E-state index contributed by atoms with van der Waals surface area (Å²) in [4.78, 5) is 12.7. The van der Waals surface area contributed by atoms with Crippen LogP contribution in [-0.4, -0.2) is 21.4 Å². The molecule has 174 valence electrons. The highest BCUT2D eigenvalue weighted by Gasteiger charge is 2.28. The fraction of sp³-hybridized carbons (Fsp3) is 0.448. The van der Waals surface area contributed by atoms with Crippen LogP contribution in [-0.2, 0) is 17.7 Å². The molecule has 4 rings (SSSR count). The Morgan fingerprint density at radius 3 is 2.58 bits per heavy atom. The van der Waals surface area contributed by atoms with E-state index in [1.54, 1.807) is 0 Å². The molecule has 3 aromatic rings. The van der Waals surface area contributed by atoms with Crippen molar-refractivity contribution in [2.24, 2.45) is 5.92 Å². The number of hydrogen-bond acceptors (Lipinski definition) is 3. The molecule has 1 aliphatic heterocycles. The minimum Gasteiger partial charge on any atom is -0.456 e. The van der Waals surface area contributed by atoms with E-state index >= 15 is 0 Å². The van der Waals surface area contributed by atoms with E-state index in [4.69, 9.17) is 9.84 Å². The molecule has 2 heterocycles. The van der Waals surface area contributed by atoms with Crippen LogP contribution in [0.25, 0.3) is 11.1 Å². The number of carbonyl (C=O) groups excluding carboxylic acids is 1. The summed E-state index contributed by atoms with van der Waals surface area (Å²) >= 11 is 0. The first kappa shape index (κ1) is 23.3. The van der Waals surface area contributed by atoms with Crippen molar-refractivity contribution in [3.05, 3.63) is 77.1 Å². The van der Waals surface area contributed by atoms with Gasteiger partial charge in [0.15, 0.2) is 0 Å². The van der Waals surface area contributed by atoms with Gasteiger partial charge in [0, 0.05) is 24.6 Å². The average molecular weight is 445 g/mol. The van der Waals surface area contributed by atoms with E-state index in [1.807, 2.05) is 45.0 Å². The quantitative estimate of drug-likeness (QED) is 0.384. The van der Waals surface area contributed by atoms with Gasteiger partial charge in [-0.3, -0.25) is 4.68 Å². The fourth-order valence-corrected chi connectivity index (χ4v) is 4.88. The fourth-order valence-electron chi connectivity index (χ4n) is 4.88. The van der Waals surface area contributed by atoms with Crippen molar-refractivity contribution >= 4 is 5.97 Å². The molecule has 0 N–H and O–H groups in total. The highest BCUT2D eigenvalue weighted by molar-refractivity contribution is 5.97. The van der Waals surface area contributed by atoms with Crippen LogP contribution in [0.3, 0.4) is 0 Å². The van der Waals surface area contributed by atoms with Gasteiger partial charge in [-0.15, -0.1) is 0 Å². The van der Waals surface area contributed by atoms with E-state index < -0.39 is 5.60 Å². The van der Waals surface area contributed by atoms with Gasteiger partial charge in [0.25, 0.3) is 0 Å². The number of esters is 1. The van der Waals surface area contributed by atoms with E-state index in [0.717, 1.165) is 24.1 Å². The molecule has 2 unspecified atom stereocenters. The second kappa shape index (κ2) is 9.54. The topological polar surface area (TPSA) is 44.1 Å². The van der Waals surface area contributed by atoms with Crippen molar-refractivity contribution < 1.29 is 9.53 Å². The molecule has 4 heteroatoms. The Labute approximate surface area is 198 Å². The van der Waals surface area contributed by atoms with Gasteiger partial charge in [-0.2, -0.15) is 5.10 Å². The molecule has 0 aliphatic carbocycles. The second-order valence-electron chi connectivity index (χ2n) is 10.3. The van der Waals surface area contributed by atoms with Crippen LogP contribution in [0.15, 0.2) is 54.7 Å². The summed E-state index contributed by atoms with van der Waals surface area (Å²) in [5.74, 6) is 0.984. The van der Waals surface area contributed by atoms with E-state index in [0.29, 0.717) is 17.4 Å². The Morgan fingerprint density at radius 2 is 1.88 bits per heavy atom. The molecule has 0 bridgehead atoms. The third kappa shape index (κ3) is 5.21. The Balaban J connectivity index is 1.57. The SMILES string of the molecule is CCC(C)C1CCCn2ncc(Cc3ccc(-c4ccccc4C(=O)OC(C)(C)C)cc3)c21. The van der Waals surface area contributed by atoms with Crippen molar-refractivity contribution in [2.75, 3.05) is 0 Å². The molecule has 2 aromatic carbocycles. The number of ether oxygens (including phenoxy) is 1. The Hall–Kier alpha value is -2.88. The zero-order valence-corrected chi connectivity index (χ0v) is 20.6. The first-order valence-electron chi connectivity index (χ1n) is 12.2. The van der Waals surface area contributed by atoms with Gasteiger partial charge in [-0.1, -0.05) is 62.7 Å². The smallest absolute Gasteiger partial charge is 0.339 e. The molecular weight excluding hydrogens is 408 g/mol. The number of nitrogens with zero attached hydrogens (tertiary/aromatic N) is 2. The van der Waals surface area contributed by atoms with E-state index in [1.165, 1.54) is 36.1 Å². The number of aryl methyl sites for hydroxylation is 1. The maximum Gasteiger partial charge on any atom is 0.339 e. The van der Waals surface area contributed by atoms with Crippen molar-refractivity contribution in [2.45, 2.75) is 78.4 Å². The molecule has 0 radical (unpaired) electrons. The lowest BCUT2D eigenvalue weighted by atomic mass is 9.81. The highest BCUT2D eigenvalue weighted by Crippen LogP contribution is 2.37. The zero-order chi connectivity index (χ0) is 23.6. The summed E-state index contributed by atoms with van der Waals surface area (Å²) in [6.07, 6.45) is 6.63. The zero-order valence-electron chi connectivity index (χ0n) is 20.6. The summed E-state index contributed by atoms with van der Waals surface area (Å²) in [7, 11) is 0. The van der Waals surface area contributed by atoms with Gasteiger partial charge < -0.3 is 4.74 Å². The minimum absolute atomic E-state index is 0.287. The van der Waals surface area contributed by atoms with Gasteiger partial charge in [-0.05, 0) is 67.9 Å². The third-order valence-corrected chi connectivity index (χ3v) is 6.73. The summed E-state index contributed by atoms with van der Waals surface area (Å²) in [6, 6.07) is 16.2. The summed E-state index contributed by atoms with van der Waals surface area (Å²) in [6.45, 7) is 11.4. The lowest BCUT2D eigenvalue weighted by Crippen LogP contribution is -2.24. The summed E-state index contributed by atoms with van der Waals surface area (Å²) in [5.41, 5.74) is 6.05. The highest BCUT2D eigenvalue weighted by atomic mass is 16.6. The average Bonchev–Trinajstić information content (AvgIpc) is 3.21. The number of hydrogen-bond donors (Lipinski definition) is 0. The molecule has 0 fully saturated rings. The third-order valence-electron chi connectivity index (χ3n) is 6.73. The van der Waals surface area contributed by atoms with Crippen molar-refractivity contribution in [3.63, 3.8) is 0 Å². The summed E-state index contributed by atoms with van der Waals surface area (Å²) < 4.78 is 7.86. The van der Waals surface area contributed by atoms with Gasteiger partial charge in [0.05, 0.1) is 11.8 Å². The largest absolute Gasteiger partial charge is 0.456 e. The van der Waals surface area contributed by atoms with E-state index in [9.17, 15) is 4.79 Å². The minimum atomic E-state index is -0.522. The standard InChI is InChI=1S/C29H36N2O2/c1-6-20(2)24-12-9-17-31-27(24)23(19-30-31)18-21-13-15-22(16-14-21)25-10-7-8-11-26(25)28(32)33-29(3,4)5/h7-8,10-11,13-16,19-20,24H,6,9,12,17-18H2,1-5H3. The molecule has 2 atom stereocenters. The van der Waals surface area contributed by atoms with Crippen LogP contribution in [0, 0.1) is 5.92 Å². The van der Waals surface area contributed by atoms with Crippen molar-refractivity contribution in [3.8, 4) is 11.1 Å². The van der Waals surface area contributed by atoms with E-state index in [-0.39, 0.29) is 5.97 Å². The monoisotopic (exact) mass is 444 g/mol. The molecule has 0 spiro atoms. The van der Waals surface area contributed by atoms with Gasteiger partial charge >= 0.3 is 5.97 Å². The van der Waals surface area contributed by atoms with Crippen LogP contribution in [0.5, 0.6) is 0 Å². The molecule has 4 nitrogen and oxygen atoms in total. The number of benzene rings is 2. The molecule has 33 heavy (non-hydrogen) atoms. The molecule has 1 aromatic heterocycles. The first-order valence-corrected chi connectivity index (χ1v) is 12.2. The van der Waals surface area contributed by atoms with Crippen LogP contribution in [0.1, 0.15) is 87.0 Å². The molecule has 1 aliphatic rings. The maximum atomic E-state index is 12.7. The Kier molecular flexibility index (Phi) is 6.73. The van der Waals surface area contributed by atoms with Crippen molar-refractivity contribution in [1.82, 2.24) is 9.78 Å². The molecule has 0 saturated heterocycles. The van der Waals surface area contributed by atoms with Gasteiger partial charge in [-0.25, -0.2) is 4.79 Å². The Bertz CT molecular complexity index is 1110. The number of fused-ring (bicyclic) bond motifs is 1. The van der Waals surface area contributed by atoms with Crippen LogP contribution in [0.2, 0.25) is 0 Å². The first-order chi connectivity index (χ1) is 15.8. The predicted octanol–water partition coefficient (Wildman–Crippen LogP) is 7.02.